The van der Waals surface area contributed by atoms with E-state index in [1.54, 1.807) is 30.7 Å². The molecule has 9 heteroatoms. The summed E-state index contributed by atoms with van der Waals surface area (Å²) in [6.07, 6.45) is 3.14. The number of ether oxygens (including phenoxy) is 2. The fourth-order valence-corrected chi connectivity index (χ4v) is 2.28. The van der Waals surface area contributed by atoms with Gasteiger partial charge in [-0.05, 0) is 31.1 Å². The number of aliphatic hydroxyl groups excluding tert-OH is 2. The summed E-state index contributed by atoms with van der Waals surface area (Å²) < 4.78 is 13.2. The number of nitrogens with zero attached hydrogens (tertiary/aromatic N) is 2. The first-order valence-corrected chi connectivity index (χ1v) is 7.94. The van der Waals surface area contributed by atoms with E-state index in [9.17, 15) is 4.79 Å². The van der Waals surface area contributed by atoms with Crippen molar-refractivity contribution in [1.82, 2.24) is 9.55 Å². The van der Waals surface area contributed by atoms with E-state index in [1.165, 1.54) is 0 Å². The second-order valence-corrected chi connectivity index (χ2v) is 5.48. The Morgan fingerprint density at radius 2 is 2.08 bits per heavy atom. The van der Waals surface area contributed by atoms with Gasteiger partial charge in [-0.2, -0.15) is 0 Å². The summed E-state index contributed by atoms with van der Waals surface area (Å²) in [4.78, 5) is 15.4. The smallest absolute Gasteiger partial charge is 0.308 e. The molecular weight excluding hydrogens is 334 g/mol. The van der Waals surface area contributed by atoms with E-state index >= 15 is 0 Å². The number of nitrogens with two attached hydrogens (primary N) is 1. The van der Waals surface area contributed by atoms with Gasteiger partial charge in [0.05, 0.1) is 12.0 Å². The summed E-state index contributed by atoms with van der Waals surface area (Å²) >= 11 is 5.16. The molecule has 0 aliphatic carbocycles. The van der Waals surface area contributed by atoms with Crippen LogP contribution in [0.15, 0.2) is 12.3 Å². The van der Waals surface area contributed by atoms with Gasteiger partial charge in [0.2, 0.25) is 4.77 Å². The highest BCUT2D eigenvalue weighted by atomic mass is 32.1. The van der Waals surface area contributed by atoms with E-state index < -0.39 is 0 Å². The molecule has 8 nitrogen and oxygen atoms in total. The number of rotatable bonds is 4. The second kappa shape index (κ2) is 11.9. The summed E-state index contributed by atoms with van der Waals surface area (Å²) in [6.45, 7) is 3.89. The third kappa shape index (κ3) is 6.91. The van der Waals surface area contributed by atoms with E-state index in [1.807, 2.05) is 0 Å². The molecule has 0 bridgehead atoms. The van der Waals surface area contributed by atoms with Gasteiger partial charge in [0.1, 0.15) is 18.7 Å². The van der Waals surface area contributed by atoms with Crippen molar-refractivity contribution in [3.8, 4) is 0 Å². The van der Waals surface area contributed by atoms with Crippen molar-refractivity contribution in [2.24, 2.45) is 5.92 Å². The van der Waals surface area contributed by atoms with E-state index in [0.717, 1.165) is 27.1 Å². The highest BCUT2D eigenvalue weighted by molar-refractivity contribution is 7.71. The van der Waals surface area contributed by atoms with Crippen LogP contribution >= 0.6 is 12.2 Å². The Hall–Kier alpha value is -1.55. The van der Waals surface area contributed by atoms with Gasteiger partial charge in [0.25, 0.3) is 0 Å². The zero-order valence-corrected chi connectivity index (χ0v) is 15.3. The molecule has 0 aromatic carbocycles. The molecule has 1 aliphatic rings. The van der Waals surface area contributed by atoms with Crippen LogP contribution in [0, 0.1) is 10.7 Å². The molecule has 0 amide bonds. The summed E-state index contributed by atoms with van der Waals surface area (Å²) in [5.74, 6) is 0.0663. The lowest BCUT2D eigenvalue weighted by atomic mass is 10.2. The monoisotopic (exact) mass is 361 g/mol. The molecule has 2 atom stereocenters. The molecule has 138 valence electrons. The molecule has 2 unspecified atom stereocenters. The quantitative estimate of drug-likeness (QED) is 0.542. The van der Waals surface area contributed by atoms with Crippen molar-refractivity contribution < 1.29 is 24.5 Å². The van der Waals surface area contributed by atoms with E-state index in [0.29, 0.717) is 10.6 Å². The minimum atomic E-state index is -0.206. The van der Waals surface area contributed by atoms with Gasteiger partial charge in [0.15, 0.2) is 0 Å². The summed E-state index contributed by atoms with van der Waals surface area (Å²) in [5.41, 5.74) is 5.57. The highest BCUT2D eigenvalue weighted by Crippen LogP contribution is 2.28. The molecule has 1 aliphatic heterocycles. The SMILES string of the molecule is CC(C)C(=O)OCC1CCC(n2ccc(N)nc2=S)O1.CO.CO. The third-order valence-electron chi connectivity index (χ3n) is 3.13. The van der Waals surface area contributed by atoms with Crippen molar-refractivity contribution in [3.63, 3.8) is 0 Å². The van der Waals surface area contributed by atoms with Gasteiger partial charge < -0.3 is 25.4 Å². The van der Waals surface area contributed by atoms with E-state index in [-0.39, 0.29) is 30.8 Å². The Morgan fingerprint density at radius 3 is 2.62 bits per heavy atom. The fourth-order valence-electron chi connectivity index (χ4n) is 2.00. The van der Waals surface area contributed by atoms with Gasteiger partial charge >= 0.3 is 5.97 Å². The van der Waals surface area contributed by atoms with Crippen LogP contribution in [0.5, 0.6) is 0 Å². The molecule has 2 heterocycles. The van der Waals surface area contributed by atoms with E-state index in [2.05, 4.69) is 4.98 Å². The molecule has 1 aromatic heterocycles. The number of aromatic nitrogens is 2. The largest absolute Gasteiger partial charge is 0.463 e. The molecule has 1 fully saturated rings. The van der Waals surface area contributed by atoms with Gasteiger partial charge in [-0.25, -0.2) is 4.98 Å². The number of anilines is 1. The number of aliphatic hydroxyl groups is 2. The van der Waals surface area contributed by atoms with Crippen molar-refractivity contribution in [1.29, 1.82) is 0 Å². The van der Waals surface area contributed by atoms with Crippen LogP contribution in [0.3, 0.4) is 0 Å². The number of hydrogen-bond acceptors (Lipinski definition) is 8. The average Bonchev–Trinajstić information content (AvgIpc) is 3.05. The maximum absolute atomic E-state index is 11.4. The summed E-state index contributed by atoms with van der Waals surface area (Å²) in [6, 6.07) is 1.69. The molecule has 0 spiro atoms. The predicted molar refractivity (Wildman–Crippen MR) is 92.7 cm³/mol. The Morgan fingerprint density at radius 1 is 1.46 bits per heavy atom. The van der Waals surface area contributed by atoms with Gasteiger partial charge in [-0.1, -0.05) is 13.8 Å². The molecule has 0 saturated carbocycles. The van der Waals surface area contributed by atoms with Gasteiger partial charge in [-0.3, -0.25) is 9.36 Å². The number of carbonyl (C=O) groups excluding carboxylic acids is 1. The fraction of sp³-hybridized carbons (Fsp3) is 0.667. The number of esters is 1. The van der Waals surface area contributed by atoms with Crippen molar-refractivity contribution in [3.05, 3.63) is 17.0 Å². The maximum atomic E-state index is 11.4. The topological polar surface area (TPSA) is 120 Å². The first kappa shape index (κ1) is 22.4. The first-order chi connectivity index (χ1) is 11.5. The third-order valence-corrected chi connectivity index (χ3v) is 3.43. The van der Waals surface area contributed by atoms with Crippen LogP contribution < -0.4 is 5.73 Å². The van der Waals surface area contributed by atoms with Gasteiger partial charge in [0, 0.05) is 20.4 Å². The zero-order chi connectivity index (χ0) is 18.7. The van der Waals surface area contributed by atoms with Crippen LogP contribution in [-0.2, 0) is 14.3 Å². The van der Waals surface area contributed by atoms with E-state index in [4.69, 9.17) is 37.6 Å². The molecule has 4 N–H and O–H groups in total. The van der Waals surface area contributed by atoms with Crippen LogP contribution in [0.4, 0.5) is 5.82 Å². The Balaban J connectivity index is 0.00000123. The lowest BCUT2D eigenvalue weighted by molar-refractivity contribution is -0.152. The number of hydrogen-bond donors (Lipinski definition) is 3. The van der Waals surface area contributed by atoms with Crippen LogP contribution in [-0.4, -0.2) is 52.7 Å². The number of carbonyl (C=O) groups is 1. The zero-order valence-electron chi connectivity index (χ0n) is 14.5. The molecular formula is C15H27N3O5S. The lowest BCUT2D eigenvalue weighted by Crippen LogP contribution is -2.21. The maximum Gasteiger partial charge on any atom is 0.308 e. The molecule has 2 rings (SSSR count). The normalized spacial score (nSPS) is 19.0. The lowest BCUT2D eigenvalue weighted by Gasteiger charge is -2.17. The van der Waals surface area contributed by atoms with Crippen LogP contribution in [0.25, 0.3) is 0 Å². The van der Waals surface area contributed by atoms with Crippen LogP contribution in [0.1, 0.15) is 32.9 Å². The summed E-state index contributed by atoms with van der Waals surface area (Å²) in [7, 11) is 2.00. The highest BCUT2D eigenvalue weighted by Gasteiger charge is 2.28. The minimum absolute atomic E-state index is 0.0952. The van der Waals surface area contributed by atoms with Gasteiger partial charge in [-0.15, -0.1) is 0 Å². The minimum Gasteiger partial charge on any atom is -0.463 e. The van der Waals surface area contributed by atoms with Crippen molar-refractivity contribution >= 4 is 24.0 Å². The number of nitrogen functional groups attached to an aromatic ring is 1. The Kier molecular flexibility index (Phi) is 11.1. The Labute approximate surface area is 147 Å². The molecule has 1 aromatic rings. The second-order valence-electron chi connectivity index (χ2n) is 5.12. The average molecular weight is 361 g/mol. The van der Waals surface area contributed by atoms with Crippen molar-refractivity contribution in [2.75, 3.05) is 26.6 Å². The van der Waals surface area contributed by atoms with Crippen LogP contribution in [0.2, 0.25) is 0 Å². The molecule has 0 radical (unpaired) electrons. The van der Waals surface area contributed by atoms with Crippen molar-refractivity contribution in [2.45, 2.75) is 39.0 Å². The first-order valence-electron chi connectivity index (χ1n) is 7.53. The molecule has 24 heavy (non-hydrogen) atoms. The Bertz CT molecular complexity index is 550. The predicted octanol–water partition coefficient (Wildman–Crippen LogP) is 1.29. The standard InChI is InChI=1S/C13H19N3O3S.2CH4O/c1-8(2)12(17)18-7-9-3-4-11(19-9)16-6-5-10(14)15-13(16)20;2*1-2/h5-6,8-9,11H,3-4,7H2,1-2H3,(H2,14,15,20);2*2H,1H3. The summed E-state index contributed by atoms with van der Waals surface area (Å²) in [5, 5.41) is 14.0. The molecule has 1 saturated heterocycles.